The molecule has 2 aliphatic rings. The first kappa shape index (κ1) is 17.5. The second kappa shape index (κ2) is 6.38. The summed E-state index contributed by atoms with van der Waals surface area (Å²) in [6, 6.07) is 9.52. The minimum atomic E-state index is -4.60. The third kappa shape index (κ3) is 3.06. The van der Waals surface area contributed by atoms with Crippen molar-refractivity contribution in [3.8, 4) is 0 Å². The second-order valence-electron chi connectivity index (χ2n) is 6.33. The van der Waals surface area contributed by atoms with Crippen LogP contribution in [0.4, 0.5) is 24.5 Å². The molecule has 27 heavy (non-hydrogen) atoms. The van der Waals surface area contributed by atoms with Crippen LogP contribution in [0.3, 0.4) is 0 Å². The van der Waals surface area contributed by atoms with E-state index < -0.39 is 23.6 Å². The van der Waals surface area contributed by atoms with Crippen LogP contribution in [0, 0.1) is 0 Å². The molecule has 5 nitrogen and oxygen atoms in total. The number of rotatable bonds is 2. The van der Waals surface area contributed by atoms with E-state index in [9.17, 15) is 22.8 Å². The molecule has 8 heteroatoms. The number of morpholine rings is 1. The molecule has 0 aliphatic carbocycles. The zero-order valence-corrected chi connectivity index (χ0v) is 14.1. The lowest BCUT2D eigenvalue weighted by atomic mass is 10.1. The highest BCUT2D eigenvalue weighted by atomic mass is 19.4. The van der Waals surface area contributed by atoms with Gasteiger partial charge in [-0.3, -0.25) is 9.59 Å². The summed E-state index contributed by atoms with van der Waals surface area (Å²) >= 11 is 0. The molecule has 0 unspecified atom stereocenters. The topological polar surface area (TPSA) is 49.9 Å². The zero-order valence-electron chi connectivity index (χ0n) is 14.1. The Morgan fingerprint density at radius 3 is 1.96 bits per heavy atom. The van der Waals surface area contributed by atoms with Gasteiger partial charge >= 0.3 is 6.18 Å². The minimum Gasteiger partial charge on any atom is -0.378 e. The van der Waals surface area contributed by atoms with E-state index in [0.29, 0.717) is 32.0 Å². The first-order chi connectivity index (χ1) is 12.9. The van der Waals surface area contributed by atoms with Crippen molar-refractivity contribution < 1.29 is 27.5 Å². The molecule has 0 atom stereocenters. The molecular formula is C19H15F3N2O3. The molecule has 1 saturated heterocycles. The van der Waals surface area contributed by atoms with Crippen molar-refractivity contribution in [2.45, 2.75) is 6.18 Å². The molecule has 4 rings (SSSR count). The zero-order chi connectivity index (χ0) is 19.2. The Bertz CT molecular complexity index is 886. The Morgan fingerprint density at radius 1 is 0.852 bits per heavy atom. The SMILES string of the molecule is O=C1c2ccccc2C(=O)N1c1cc(N2CCOCC2)cc(C(F)(F)F)c1. The lowest BCUT2D eigenvalue weighted by Crippen LogP contribution is -2.37. The van der Waals surface area contributed by atoms with Crippen molar-refractivity contribution in [3.05, 3.63) is 59.2 Å². The number of hydrogen-bond acceptors (Lipinski definition) is 4. The van der Waals surface area contributed by atoms with Gasteiger partial charge < -0.3 is 9.64 Å². The van der Waals surface area contributed by atoms with Gasteiger partial charge in [0, 0.05) is 18.8 Å². The van der Waals surface area contributed by atoms with Gasteiger partial charge in [0.15, 0.2) is 0 Å². The number of fused-ring (bicyclic) bond motifs is 1. The van der Waals surface area contributed by atoms with Gasteiger partial charge in [-0.1, -0.05) is 12.1 Å². The Balaban J connectivity index is 1.81. The number of carbonyl (C=O) groups is 2. The molecule has 0 N–H and O–H groups in total. The first-order valence-corrected chi connectivity index (χ1v) is 8.39. The predicted molar refractivity (Wildman–Crippen MR) is 92.1 cm³/mol. The normalized spacial score (nSPS) is 17.4. The van der Waals surface area contributed by atoms with Crippen LogP contribution in [0.15, 0.2) is 42.5 Å². The van der Waals surface area contributed by atoms with E-state index >= 15 is 0 Å². The van der Waals surface area contributed by atoms with Crippen LogP contribution in [0.2, 0.25) is 0 Å². The average molecular weight is 376 g/mol. The van der Waals surface area contributed by atoms with E-state index in [1.807, 2.05) is 0 Å². The molecule has 2 aromatic carbocycles. The summed E-state index contributed by atoms with van der Waals surface area (Å²) in [4.78, 5) is 27.9. The summed E-state index contributed by atoms with van der Waals surface area (Å²) in [5.41, 5.74) is -0.309. The third-order valence-electron chi connectivity index (χ3n) is 4.66. The van der Waals surface area contributed by atoms with Gasteiger partial charge in [-0.25, -0.2) is 4.90 Å². The van der Waals surface area contributed by atoms with Crippen molar-refractivity contribution in [1.82, 2.24) is 0 Å². The maximum Gasteiger partial charge on any atom is 0.416 e. The lowest BCUT2D eigenvalue weighted by Gasteiger charge is -2.30. The van der Waals surface area contributed by atoms with E-state index in [2.05, 4.69) is 0 Å². The van der Waals surface area contributed by atoms with Gasteiger partial charge in [0.1, 0.15) is 0 Å². The van der Waals surface area contributed by atoms with Crippen LogP contribution in [-0.4, -0.2) is 38.1 Å². The highest BCUT2D eigenvalue weighted by molar-refractivity contribution is 6.34. The number of imide groups is 1. The molecule has 0 bridgehead atoms. The number of carbonyl (C=O) groups excluding carboxylic acids is 2. The maximum atomic E-state index is 13.4. The molecular weight excluding hydrogens is 361 g/mol. The largest absolute Gasteiger partial charge is 0.416 e. The molecule has 2 heterocycles. The number of nitrogens with zero attached hydrogens (tertiary/aromatic N) is 2. The molecule has 2 aromatic rings. The second-order valence-corrected chi connectivity index (χ2v) is 6.33. The fourth-order valence-electron chi connectivity index (χ4n) is 3.32. The van der Waals surface area contributed by atoms with Gasteiger partial charge in [-0.2, -0.15) is 13.2 Å². The highest BCUT2D eigenvalue weighted by Gasteiger charge is 2.39. The van der Waals surface area contributed by atoms with Crippen LogP contribution in [0.1, 0.15) is 26.3 Å². The number of benzene rings is 2. The number of alkyl halides is 3. The molecule has 0 radical (unpaired) electrons. The lowest BCUT2D eigenvalue weighted by molar-refractivity contribution is -0.137. The van der Waals surface area contributed by atoms with Crippen molar-refractivity contribution in [2.24, 2.45) is 0 Å². The van der Waals surface area contributed by atoms with E-state index in [1.165, 1.54) is 18.2 Å². The van der Waals surface area contributed by atoms with Gasteiger partial charge in [0.05, 0.1) is 35.6 Å². The van der Waals surface area contributed by atoms with E-state index in [4.69, 9.17) is 4.74 Å². The summed E-state index contributed by atoms with van der Waals surface area (Å²) in [7, 11) is 0. The monoisotopic (exact) mass is 376 g/mol. The molecule has 140 valence electrons. The molecule has 1 fully saturated rings. The van der Waals surface area contributed by atoms with Crippen LogP contribution in [0.25, 0.3) is 0 Å². The number of hydrogen-bond donors (Lipinski definition) is 0. The summed E-state index contributed by atoms with van der Waals surface area (Å²) in [5, 5.41) is 0. The van der Waals surface area contributed by atoms with Crippen LogP contribution in [-0.2, 0) is 10.9 Å². The standard InChI is InChI=1S/C19H15F3N2O3/c20-19(21,22)12-9-13(23-5-7-27-8-6-23)11-14(10-12)24-17(25)15-3-1-2-4-16(15)18(24)26/h1-4,9-11H,5-8H2. The van der Waals surface area contributed by atoms with Crippen LogP contribution in [0.5, 0.6) is 0 Å². The van der Waals surface area contributed by atoms with Crippen molar-refractivity contribution in [3.63, 3.8) is 0 Å². The van der Waals surface area contributed by atoms with Gasteiger partial charge in [-0.05, 0) is 30.3 Å². The Morgan fingerprint density at radius 2 is 1.41 bits per heavy atom. The third-order valence-corrected chi connectivity index (χ3v) is 4.66. The minimum absolute atomic E-state index is 0.0856. The number of ether oxygens (including phenoxy) is 1. The molecule has 0 aromatic heterocycles. The Kier molecular flexibility index (Phi) is 4.15. The van der Waals surface area contributed by atoms with E-state index in [1.54, 1.807) is 17.0 Å². The number of halogens is 3. The number of anilines is 2. The van der Waals surface area contributed by atoms with Gasteiger partial charge in [0.2, 0.25) is 0 Å². The molecule has 2 amide bonds. The predicted octanol–water partition coefficient (Wildman–Crippen LogP) is 3.34. The molecule has 0 saturated carbocycles. The van der Waals surface area contributed by atoms with Gasteiger partial charge in [-0.15, -0.1) is 0 Å². The summed E-state index contributed by atoms with van der Waals surface area (Å²) in [6.45, 7) is 1.67. The van der Waals surface area contributed by atoms with E-state index in [0.717, 1.165) is 17.0 Å². The summed E-state index contributed by atoms with van der Waals surface area (Å²) in [6.07, 6.45) is -4.60. The van der Waals surface area contributed by atoms with Crippen molar-refractivity contribution >= 4 is 23.2 Å². The first-order valence-electron chi connectivity index (χ1n) is 8.39. The molecule has 2 aliphatic heterocycles. The van der Waals surface area contributed by atoms with Gasteiger partial charge in [0.25, 0.3) is 11.8 Å². The highest BCUT2D eigenvalue weighted by Crippen LogP contribution is 2.38. The summed E-state index contributed by atoms with van der Waals surface area (Å²) in [5.74, 6) is -1.24. The van der Waals surface area contributed by atoms with Crippen molar-refractivity contribution in [2.75, 3.05) is 36.1 Å². The smallest absolute Gasteiger partial charge is 0.378 e. The maximum absolute atomic E-state index is 13.4. The van der Waals surface area contributed by atoms with Crippen molar-refractivity contribution in [1.29, 1.82) is 0 Å². The quantitative estimate of drug-likeness (QED) is 0.755. The van der Waals surface area contributed by atoms with Crippen LogP contribution < -0.4 is 9.80 Å². The fraction of sp³-hybridized carbons (Fsp3) is 0.263. The number of amides is 2. The van der Waals surface area contributed by atoms with E-state index in [-0.39, 0.29) is 16.8 Å². The summed E-state index contributed by atoms with van der Waals surface area (Å²) < 4.78 is 45.5. The fourth-order valence-corrected chi connectivity index (χ4v) is 3.32. The average Bonchev–Trinajstić information content (AvgIpc) is 2.92. The van der Waals surface area contributed by atoms with Crippen LogP contribution >= 0.6 is 0 Å². The Labute approximate surface area is 152 Å². The Hall–Kier alpha value is -2.87. The molecule has 0 spiro atoms.